The maximum Gasteiger partial charge on any atom is 0.311 e. The van der Waals surface area contributed by atoms with E-state index in [9.17, 15) is 14.4 Å². The number of hydrogen-bond donors (Lipinski definition) is 0. The van der Waals surface area contributed by atoms with Crippen LogP contribution < -0.4 is 14.2 Å². The van der Waals surface area contributed by atoms with Crippen molar-refractivity contribution in [3.8, 4) is 17.2 Å². The monoisotopic (exact) mass is 642 g/mol. The number of hydrogen-bond acceptors (Lipinski definition) is 8. The molecule has 1 rings (SSSR count). The van der Waals surface area contributed by atoms with Crippen LogP contribution in [0.5, 0.6) is 17.2 Å². The Kier molecular flexibility index (Phi) is 22.8. The number of halogens is 1. The van der Waals surface area contributed by atoms with Gasteiger partial charge in [0.15, 0.2) is 0 Å². The SMILES string of the molecule is CCCCCCCOC(=O)CCCCOc1cc(OCCCCC(=O)OCCCCC)cc(OC(=O)CCCBr)c1. The third-order valence-electron chi connectivity index (χ3n) is 6.21. The summed E-state index contributed by atoms with van der Waals surface area (Å²) in [6.45, 7) is 6.08. The van der Waals surface area contributed by atoms with Gasteiger partial charge in [0.05, 0.1) is 26.4 Å². The molecule has 0 saturated carbocycles. The second kappa shape index (κ2) is 25.4. The average molecular weight is 644 g/mol. The third-order valence-corrected chi connectivity index (χ3v) is 6.77. The van der Waals surface area contributed by atoms with E-state index in [0.29, 0.717) is 95.0 Å². The van der Waals surface area contributed by atoms with E-state index in [1.807, 2.05) is 0 Å². The lowest BCUT2D eigenvalue weighted by Crippen LogP contribution is -2.09. The Balaban J connectivity index is 2.45. The highest BCUT2D eigenvalue weighted by atomic mass is 79.9. The number of rotatable bonds is 26. The summed E-state index contributed by atoms with van der Waals surface area (Å²) in [5.74, 6) is 0.735. The van der Waals surface area contributed by atoms with Crippen molar-refractivity contribution in [1.82, 2.24) is 0 Å². The van der Waals surface area contributed by atoms with Gasteiger partial charge in [0.25, 0.3) is 0 Å². The number of esters is 3. The lowest BCUT2D eigenvalue weighted by atomic mass is 10.2. The van der Waals surface area contributed by atoms with Crippen LogP contribution in [-0.4, -0.2) is 49.7 Å². The molecule has 0 unspecified atom stereocenters. The molecule has 0 atom stereocenters. The molecule has 0 radical (unpaired) electrons. The van der Waals surface area contributed by atoms with E-state index < -0.39 is 0 Å². The summed E-state index contributed by atoms with van der Waals surface area (Å²) >= 11 is 3.32. The molecule has 0 saturated heterocycles. The molecular formula is C32H51BrO8. The van der Waals surface area contributed by atoms with Crippen LogP contribution in [0.3, 0.4) is 0 Å². The summed E-state index contributed by atoms with van der Waals surface area (Å²) in [6.07, 6.45) is 13.1. The molecule has 41 heavy (non-hydrogen) atoms. The fourth-order valence-corrected chi connectivity index (χ4v) is 4.14. The van der Waals surface area contributed by atoms with Crippen LogP contribution in [-0.2, 0) is 23.9 Å². The van der Waals surface area contributed by atoms with Crippen LogP contribution in [0.15, 0.2) is 18.2 Å². The van der Waals surface area contributed by atoms with Gasteiger partial charge in [-0.1, -0.05) is 68.3 Å². The summed E-state index contributed by atoms with van der Waals surface area (Å²) < 4.78 is 27.8. The molecule has 0 fully saturated rings. The molecule has 0 spiro atoms. The fourth-order valence-electron chi connectivity index (χ4n) is 3.86. The standard InChI is InChI=1S/C32H51BrO8/c1-3-5-7-8-12-23-40-31(35)17-10-14-21-38-28-24-27(25-29(26-28)41-32(36)18-15-19-33)37-20-13-9-16-30(34)39-22-11-6-4-2/h24-26H,3-23H2,1-2H3. The van der Waals surface area contributed by atoms with Gasteiger partial charge in [0, 0.05) is 42.8 Å². The summed E-state index contributed by atoms with van der Waals surface area (Å²) in [7, 11) is 0. The van der Waals surface area contributed by atoms with E-state index >= 15 is 0 Å². The van der Waals surface area contributed by atoms with Gasteiger partial charge in [-0.25, -0.2) is 0 Å². The molecule has 0 N–H and O–H groups in total. The molecular weight excluding hydrogens is 592 g/mol. The Bertz CT molecular complexity index is 845. The van der Waals surface area contributed by atoms with Gasteiger partial charge >= 0.3 is 17.9 Å². The van der Waals surface area contributed by atoms with E-state index in [1.54, 1.807) is 18.2 Å². The number of unbranched alkanes of at least 4 members (excludes halogenated alkanes) is 8. The van der Waals surface area contributed by atoms with Crippen LogP contribution >= 0.6 is 15.9 Å². The zero-order chi connectivity index (χ0) is 30.0. The van der Waals surface area contributed by atoms with Crippen molar-refractivity contribution in [2.75, 3.05) is 31.8 Å². The highest BCUT2D eigenvalue weighted by Crippen LogP contribution is 2.29. The van der Waals surface area contributed by atoms with Crippen molar-refractivity contribution in [2.45, 2.75) is 117 Å². The van der Waals surface area contributed by atoms with Gasteiger partial charge in [-0.05, 0) is 44.9 Å². The van der Waals surface area contributed by atoms with Crippen molar-refractivity contribution in [1.29, 1.82) is 0 Å². The fraction of sp³-hybridized carbons (Fsp3) is 0.719. The highest BCUT2D eigenvalue weighted by Gasteiger charge is 2.10. The summed E-state index contributed by atoms with van der Waals surface area (Å²) in [5.41, 5.74) is 0. The van der Waals surface area contributed by atoms with Crippen molar-refractivity contribution < 1.29 is 38.1 Å². The van der Waals surface area contributed by atoms with Crippen molar-refractivity contribution in [2.24, 2.45) is 0 Å². The van der Waals surface area contributed by atoms with Crippen LogP contribution in [0.1, 0.15) is 117 Å². The Labute approximate surface area is 255 Å². The zero-order valence-electron chi connectivity index (χ0n) is 25.2. The minimum Gasteiger partial charge on any atom is -0.493 e. The maximum absolute atomic E-state index is 12.2. The summed E-state index contributed by atoms with van der Waals surface area (Å²) in [6, 6.07) is 5.09. The van der Waals surface area contributed by atoms with Gasteiger partial charge in [0.1, 0.15) is 17.2 Å². The normalized spacial score (nSPS) is 10.7. The molecule has 0 aliphatic heterocycles. The Morgan fingerprint density at radius 1 is 0.537 bits per heavy atom. The van der Waals surface area contributed by atoms with Gasteiger partial charge in [-0.15, -0.1) is 0 Å². The molecule has 1 aromatic carbocycles. The van der Waals surface area contributed by atoms with E-state index in [4.69, 9.17) is 23.7 Å². The second-order valence-corrected chi connectivity index (χ2v) is 10.9. The molecule has 0 amide bonds. The largest absolute Gasteiger partial charge is 0.493 e. The first kappa shape index (κ1) is 36.7. The Morgan fingerprint density at radius 2 is 0.976 bits per heavy atom. The number of carbonyl (C=O) groups excluding carboxylic acids is 3. The van der Waals surface area contributed by atoms with Crippen LogP contribution in [0.4, 0.5) is 0 Å². The first-order valence-corrected chi connectivity index (χ1v) is 16.6. The topological polar surface area (TPSA) is 97.4 Å². The smallest absolute Gasteiger partial charge is 0.311 e. The van der Waals surface area contributed by atoms with Crippen LogP contribution in [0.2, 0.25) is 0 Å². The summed E-state index contributed by atoms with van der Waals surface area (Å²) in [4.78, 5) is 35.9. The molecule has 8 nitrogen and oxygen atoms in total. The number of alkyl halides is 1. The first-order valence-electron chi connectivity index (χ1n) is 15.5. The average Bonchev–Trinajstić information content (AvgIpc) is 2.95. The number of ether oxygens (including phenoxy) is 5. The predicted octanol–water partition coefficient (Wildman–Crippen LogP) is 8.11. The van der Waals surface area contributed by atoms with Crippen LogP contribution in [0.25, 0.3) is 0 Å². The number of carbonyl (C=O) groups is 3. The predicted molar refractivity (Wildman–Crippen MR) is 164 cm³/mol. The maximum atomic E-state index is 12.2. The van der Waals surface area contributed by atoms with Gasteiger partial charge < -0.3 is 23.7 Å². The zero-order valence-corrected chi connectivity index (χ0v) is 26.8. The molecule has 234 valence electrons. The highest BCUT2D eigenvalue weighted by molar-refractivity contribution is 9.09. The molecule has 0 aliphatic carbocycles. The van der Waals surface area contributed by atoms with Gasteiger partial charge in [-0.2, -0.15) is 0 Å². The van der Waals surface area contributed by atoms with Crippen molar-refractivity contribution in [3.05, 3.63) is 18.2 Å². The van der Waals surface area contributed by atoms with Crippen molar-refractivity contribution >= 4 is 33.8 Å². The molecule has 0 heterocycles. The van der Waals surface area contributed by atoms with Crippen molar-refractivity contribution in [3.63, 3.8) is 0 Å². The molecule has 0 aliphatic rings. The second-order valence-electron chi connectivity index (χ2n) is 10.1. The third kappa shape index (κ3) is 21.1. The summed E-state index contributed by atoms with van der Waals surface area (Å²) in [5, 5.41) is 0.721. The van der Waals surface area contributed by atoms with E-state index in [2.05, 4.69) is 29.8 Å². The van der Waals surface area contributed by atoms with Crippen LogP contribution in [0, 0.1) is 0 Å². The Morgan fingerprint density at radius 3 is 1.51 bits per heavy atom. The first-order chi connectivity index (χ1) is 20.0. The minimum atomic E-state index is -0.325. The van der Waals surface area contributed by atoms with E-state index in [-0.39, 0.29) is 17.9 Å². The lowest BCUT2D eigenvalue weighted by molar-refractivity contribution is -0.144. The molecule has 9 heteroatoms. The molecule has 0 bridgehead atoms. The Hall–Kier alpha value is -2.29. The molecule has 0 aromatic heterocycles. The molecule has 1 aromatic rings. The van der Waals surface area contributed by atoms with Gasteiger partial charge in [0.2, 0.25) is 0 Å². The van der Waals surface area contributed by atoms with Gasteiger partial charge in [-0.3, -0.25) is 14.4 Å². The minimum absolute atomic E-state index is 0.168. The quantitative estimate of drug-likeness (QED) is 0.0432. The number of benzene rings is 1. The lowest BCUT2D eigenvalue weighted by Gasteiger charge is -2.13. The van der Waals surface area contributed by atoms with E-state index in [1.165, 1.54) is 19.3 Å². The van der Waals surface area contributed by atoms with E-state index in [0.717, 1.165) is 37.4 Å².